The number of carbonyl (C=O) groups excluding carboxylic acids is 2. The van der Waals surface area contributed by atoms with E-state index in [0.29, 0.717) is 18.1 Å². The lowest BCUT2D eigenvalue weighted by atomic mass is 10.1. The molecule has 1 atom stereocenters. The number of hydrogen-bond acceptors (Lipinski definition) is 3. The summed E-state index contributed by atoms with van der Waals surface area (Å²) in [5.74, 6) is -0.0310. The Kier molecular flexibility index (Phi) is 9.13. The van der Waals surface area contributed by atoms with Gasteiger partial charge in [-0.3, -0.25) is 4.79 Å². The first-order chi connectivity index (χ1) is 11.4. The van der Waals surface area contributed by atoms with Crippen molar-refractivity contribution in [2.45, 2.75) is 65.8 Å². The second kappa shape index (κ2) is 10.8. The summed E-state index contributed by atoms with van der Waals surface area (Å²) in [7, 11) is 0. The fourth-order valence-corrected chi connectivity index (χ4v) is 2.33. The zero-order valence-electron chi connectivity index (χ0n) is 15.4. The number of esters is 1. The maximum absolute atomic E-state index is 12.2. The number of carbonyl (C=O) groups is 2. The van der Waals surface area contributed by atoms with E-state index in [4.69, 9.17) is 4.74 Å². The fourth-order valence-electron chi connectivity index (χ4n) is 2.33. The minimum absolute atomic E-state index is 0.247. The molecule has 134 valence electrons. The van der Waals surface area contributed by atoms with Crippen LogP contribution >= 0.6 is 0 Å². The van der Waals surface area contributed by atoms with Gasteiger partial charge in [0.2, 0.25) is 0 Å². The summed E-state index contributed by atoms with van der Waals surface area (Å²) >= 11 is 0. The van der Waals surface area contributed by atoms with Crippen molar-refractivity contribution in [3.05, 3.63) is 35.4 Å². The van der Waals surface area contributed by atoms with Gasteiger partial charge in [-0.05, 0) is 56.2 Å². The van der Waals surface area contributed by atoms with Gasteiger partial charge in [0.15, 0.2) is 0 Å². The smallest absolute Gasteiger partial charge is 0.328 e. The van der Waals surface area contributed by atoms with Crippen LogP contribution in [0.2, 0.25) is 0 Å². The molecule has 1 aromatic carbocycles. The third-order valence-electron chi connectivity index (χ3n) is 3.91. The van der Waals surface area contributed by atoms with Crippen LogP contribution in [-0.2, 0) is 16.0 Å². The number of hydrogen-bond donors (Lipinski definition) is 1. The molecule has 0 fully saturated rings. The molecular weight excluding hydrogens is 302 g/mol. The van der Waals surface area contributed by atoms with Gasteiger partial charge in [0.25, 0.3) is 5.91 Å². The van der Waals surface area contributed by atoms with Crippen molar-refractivity contribution < 1.29 is 14.3 Å². The Labute approximate surface area is 146 Å². The Hall–Kier alpha value is -1.84. The second-order valence-electron chi connectivity index (χ2n) is 6.70. The van der Waals surface area contributed by atoms with Gasteiger partial charge in [0.05, 0.1) is 6.61 Å². The average Bonchev–Trinajstić information content (AvgIpc) is 2.56. The Morgan fingerprint density at radius 1 is 1.08 bits per heavy atom. The summed E-state index contributed by atoms with van der Waals surface area (Å²) in [5.41, 5.74) is 1.79. The Balaban J connectivity index is 2.41. The van der Waals surface area contributed by atoms with E-state index in [9.17, 15) is 9.59 Å². The number of nitrogens with one attached hydrogen (secondary N) is 1. The van der Waals surface area contributed by atoms with E-state index in [0.717, 1.165) is 32.1 Å². The van der Waals surface area contributed by atoms with Crippen molar-refractivity contribution in [3.8, 4) is 0 Å². The van der Waals surface area contributed by atoms with Crippen LogP contribution in [0.5, 0.6) is 0 Å². The summed E-state index contributed by atoms with van der Waals surface area (Å²) in [4.78, 5) is 24.1. The summed E-state index contributed by atoms with van der Waals surface area (Å²) < 4.78 is 5.20. The molecule has 1 amide bonds. The lowest BCUT2D eigenvalue weighted by Crippen LogP contribution is -2.39. The molecule has 4 nitrogen and oxygen atoms in total. The minimum atomic E-state index is -0.642. The lowest BCUT2D eigenvalue weighted by molar-refractivity contribution is -0.145. The molecule has 0 aromatic heterocycles. The number of rotatable bonds is 10. The first kappa shape index (κ1) is 20.2. The topological polar surface area (TPSA) is 55.4 Å². The molecular formula is C20H31NO3. The van der Waals surface area contributed by atoms with Gasteiger partial charge in [-0.25, -0.2) is 4.79 Å². The molecule has 0 saturated carbocycles. The highest BCUT2D eigenvalue weighted by Crippen LogP contribution is 2.08. The third kappa shape index (κ3) is 7.62. The molecule has 4 heteroatoms. The van der Waals surface area contributed by atoms with Gasteiger partial charge in [0.1, 0.15) is 6.04 Å². The van der Waals surface area contributed by atoms with Crippen LogP contribution in [0.25, 0.3) is 0 Å². The molecule has 0 aliphatic rings. The van der Waals surface area contributed by atoms with Crippen LogP contribution in [0.15, 0.2) is 24.3 Å². The van der Waals surface area contributed by atoms with Gasteiger partial charge in [-0.2, -0.15) is 0 Å². The van der Waals surface area contributed by atoms with Gasteiger partial charge >= 0.3 is 5.97 Å². The average molecular weight is 333 g/mol. The summed E-state index contributed by atoms with van der Waals surface area (Å²) in [5, 5.41) is 2.69. The fraction of sp³-hybridized carbons (Fsp3) is 0.600. The van der Waals surface area contributed by atoms with Crippen molar-refractivity contribution in [2.75, 3.05) is 6.61 Å². The molecule has 0 saturated heterocycles. The first-order valence-corrected chi connectivity index (χ1v) is 9.00. The Bertz CT molecular complexity index is 508. The lowest BCUT2D eigenvalue weighted by Gasteiger charge is -2.14. The number of aryl methyl sites for hydroxylation is 1. The predicted octanol–water partition coefficient (Wildman–Crippen LogP) is 4.13. The van der Waals surface area contributed by atoms with Crippen LogP contribution in [0.4, 0.5) is 0 Å². The molecule has 1 rings (SSSR count). The molecule has 1 aromatic rings. The van der Waals surface area contributed by atoms with E-state index in [2.05, 4.69) is 26.1 Å². The van der Waals surface area contributed by atoms with E-state index >= 15 is 0 Å². The maximum Gasteiger partial charge on any atom is 0.328 e. The van der Waals surface area contributed by atoms with E-state index in [-0.39, 0.29) is 11.9 Å². The molecule has 1 unspecified atom stereocenters. The van der Waals surface area contributed by atoms with Crippen molar-refractivity contribution in [2.24, 2.45) is 5.92 Å². The van der Waals surface area contributed by atoms with Crippen molar-refractivity contribution >= 4 is 11.9 Å². The largest absolute Gasteiger partial charge is 0.464 e. The number of benzene rings is 1. The van der Waals surface area contributed by atoms with Gasteiger partial charge in [-0.1, -0.05) is 39.3 Å². The Morgan fingerprint density at radius 3 is 2.33 bits per heavy atom. The highest BCUT2D eigenvalue weighted by atomic mass is 16.5. The molecule has 0 radical (unpaired) electrons. The van der Waals surface area contributed by atoms with Crippen LogP contribution in [0.3, 0.4) is 0 Å². The van der Waals surface area contributed by atoms with Gasteiger partial charge in [-0.15, -0.1) is 0 Å². The minimum Gasteiger partial charge on any atom is -0.464 e. The van der Waals surface area contributed by atoms with Crippen molar-refractivity contribution in [1.82, 2.24) is 5.32 Å². The zero-order chi connectivity index (χ0) is 17.9. The van der Waals surface area contributed by atoms with Crippen LogP contribution in [-0.4, -0.2) is 24.5 Å². The van der Waals surface area contributed by atoms with Crippen LogP contribution in [0.1, 0.15) is 69.3 Å². The van der Waals surface area contributed by atoms with Crippen molar-refractivity contribution in [1.29, 1.82) is 0 Å². The van der Waals surface area contributed by atoms with Crippen molar-refractivity contribution in [3.63, 3.8) is 0 Å². The standard InChI is InChI=1S/C20H31NO3/c1-5-6-9-17-10-12-18(13-11-17)19(22)21-16(4)20(23)24-14-7-8-15(2)3/h10-13,15-16H,5-9,14H2,1-4H3,(H,21,22). The number of ether oxygens (including phenoxy) is 1. The SMILES string of the molecule is CCCCc1ccc(C(=O)NC(C)C(=O)OCCCC(C)C)cc1. The molecule has 1 N–H and O–H groups in total. The molecule has 0 spiro atoms. The normalized spacial score (nSPS) is 12.0. The molecule has 0 bridgehead atoms. The molecule has 0 aliphatic heterocycles. The van der Waals surface area contributed by atoms with Crippen LogP contribution in [0, 0.1) is 5.92 Å². The monoisotopic (exact) mass is 333 g/mol. The second-order valence-corrected chi connectivity index (χ2v) is 6.70. The first-order valence-electron chi connectivity index (χ1n) is 9.00. The van der Waals surface area contributed by atoms with E-state index < -0.39 is 6.04 Å². The number of amides is 1. The van der Waals surface area contributed by atoms with Gasteiger partial charge in [0, 0.05) is 5.56 Å². The third-order valence-corrected chi connectivity index (χ3v) is 3.91. The summed E-state index contributed by atoms with van der Waals surface area (Å²) in [6.07, 6.45) is 5.20. The summed E-state index contributed by atoms with van der Waals surface area (Å²) in [6.45, 7) is 8.49. The zero-order valence-corrected chi connectivity index (χ0v) is 15.4. The highest BCUT2D eigenvalue weighted by molar-refractivity contribution is 5.96. The molecule has 24 heavy (non-hydrogen) atoms. The highest BCUT2D eigenvalue weighted by Gasteiger charge is 2.17. The predicted molar refractivity (Wildman–Crippen MR) is 97.0 cm³/mol. The quantitative estimate of drug-likeness (QED) is 0.517. The van der Waals surface area contributed by atoms with E-state index in [1.165, 1.54) is 5.56 Å². The van der Waals surface area contributed by atoms with E-state index in [1.54, 1.807) is 19.1 Å². The van der Waals surface area contributed by atoms with Gasteiger partial charge < -0.3 is 10.1 Å². The van der Waals surface area contributed by atoms with E-state index in [1.807, 2.05) is 12.1 Å². The summed E-state index contributed by atoms with van der Waals surface area (Å²) in [6, 6.07) is 6.91. The van der Waals surface area contributed by atoms with Crippen LogP contribution < -0.4 is 5.32 Å². The number of unbranched alkanes of at least 4 members (excludes halogenated alkanes) is 1. The molecule has 0 aliphatic carbocycles. The molecule has 0 heterocycles. The Morgan fingerprint density at radius 2 is 1.75 bits per heavy atom. The maximum atomic E-state index is 12.2.